The molecule has 0 spiro atoms. The number of nitrogens with two attached hydrogens (primary N) is 2. The quantitative estimate of drug-likeness (QED) is 0.570. The molecule has 0 aromatic carbocycles. The lowest BCUT2D eigenvalue weighted by molar-refractivity contribution is -0.640. The van der Waals surface area contributed by atoms with Crippen molar-refractivity contribution < 1.29 is 23.2 Å². The van der Waals surface area contributed by atoms with E-state index in [4.69, 9.17) is 15.9 Å². The van der Waals surface area contributed by atoms with Gasteiger partial charge in [-0.05, 0) is 44.6 Å². The monoisotopic (exact) mass is 438 g/mol. The van der Waals surface area contributed by atoms with E-state index in [-0.39, 0.29) is 11.3 Å². The Morgan fingerprint density at radius 2 is 1.97 bits per heavy atom. The van der Waals surface area contributed by atoms with Gasteiger partial charge in [-0.25, -0.2) is 4.98 Å². The molecule has 2 aliphatic carbocycles. The number of aromatic nitrogens is 1. The molecule has 1 saturated heterocycles. The molecule has 31 heavy (non-hydrogen) atoms. The van der Waals surface area contributed by atoms with Crippen molar-refractivity contribution in [3.05, 3.63) is 35.2 Å². The average Bonchev–Trinajstić information content (AvgIpc) is 3.13. The molecule has 0 bridgehead atoms. The zero-order valence-electron chi connectivity index (χ0n) is 18.1. The van der Waals surface area contributed by atoms with Gasteiger partial charge in [0.25, 0.3) is 0 Å². The van der Waals surface area contributed by atoms with Crippen LogP contribution in [0.25, 0.3) is 0 Å². The molecule has 1 aromatic rings. The van der Waals surface area contributed by atoms with Gasteiger partial charge in [-0.15, -0.1) is 0 Å². The molecule has 170 valence electrons. The molecule has 2 unspecified atom stereocenters. The number of allylic oxidation sites excluding steroid dienone is 2. The smallest absolute Gasteiger partial charge is 0.383 e. The van der Waals surface area contributed by atoms with Crippen LogP contribution in [0.4, 0.5) is 19.0 Å². The average molecular weight is 439 g/mol. The molecule has 9 heteroatoms. The molecule has 3 fully saturated rings. The summed E-state index contributed by atoms with van der Waals surface area (Å²) in [6.45, 7) is 6.16. The standard InChI is InChI=1S/C22H30F3N5O/c1-11(2)29-19(7-18(26)12-4-17(22(23,24)25)21(27)28-8-12)20-15-5-13(6-16(15)20)30-9-14(10-30)31-3/h4,7-8,11,13-16,20,26,29H,5-6,9-10H2,1-3H3,(H2,27,28)/p+1. The van der Waals surface area contributed by atoms with Crippen molar-refractivity contribution in [1.29, 1.82) is 5.41 Å². The Morgan fingerprint density at radius 1 is 1.32 bits per heavy atom. The third-order valence-corrected chi connectivity index (χ3v) is 6.90. The molecule has 3 aliphatic rings. The van der Waals surface area contributed by atoms with Crippen molar-refractivity contribution in [2.45, 2.75) is 51.1 Å². The third kappa shape index (κ3) is 4.49. The maximum atomic E-state index is 13.2. The minimum atomic E-state index is -4.59. The number of nitrogen functional groups attached to an aromatic ring is 1. The van der Waals surface area contributed by atoms with Gasteiger partial charge in [0.1, 0.15) is 11.5 Å². The van der Waals surface area contributed by atoms with Crippen LogP contribution < -0.4 is 11.1 Å². The predicted octanol–water partition coefficient (Wildman–Crippen LogP) is 2.26. The molecule has 0 radical (unpaired) electrons. The highest BCUT2D eigenvalue weighted by molar-refractivity contribution is 6.06. The maximum absolute atomic E-state index is 13.2. The van der Waals surface area contributed by atoms with E-state index in [1.807, 2.05) is 0 Å². The van der Waals surface area contributed by atoms with Gasteiger partial charge in [-0.3, -0.25) is 10.3 Å². The normalized spacial score (nSPS) is 29.2. The van der Waals surface area contributed by atoms with Crippen molar-refractivity contribution in [2.24, 2.45) is 17.8 Å². The Balaban J connectivity index is 1.47. The van der Waals surface area contributed by atoms with E-state index in [1.165, 1.54) is 6.20 Å². The fraction of sp³-hybridized carbons (Fsp3) is 0.636. The van der Waals surface area contributed by atoms with E-state index < -0.39 is 17.6 Å². The van der Waals surface area contributed by atoms with Crippen LogP contribution in [0.15, 0.2) is 24.0 Å². The van der Waals surface area contributed by atoms with E-state index in [2.05, 4.69) is 29.0 Å². The van der Waals surface area contributed by atoms with Gasteiger partial charge >= 0.3 is 6.18 Å². The Kier molecular flexibility index (Phi) is 5.87. The second-order valence-electron chi connectivity index (χ2n) is 9.41. The van der Waals surface area contributed by atoms with Crippen LogP contribution in [0.2, 0.25) is 0 Å². The molecule has 2 saturated carbocycles. The minimum absolute atomic E-state index is 0.0390. The summed E-state index contributed by atoms with van der Waals surface area (Å²) in [6, 6.07) is 1.82. The van der Waals surface area contributed by atoms with Crippen molar-refractivity contribution in [1.82, 2.24) is 9.88 Å². The van der Waals surface area contributed by atoms with Gasteiger partial charge in [-0.1, -0.05) is 0 Å². The highest BCUT2D eigenvalue weighted by Gasteiger charge is 2.60. The summed E-state index contributed by atoms with van der Waals surface area (Å²) in [5, 5.41) is 10.6. The van der Waals surface area contributed by atoms with Gasteiger partial charge in [0.15, 0.2) is 0 Å². The van der Waals surface area contributed by atoms with E-state index in [1.54, 1.807) is 13.2 Å². The molecule has 1 aromatic heterocycles. The van der Waals surface area contributed by atoms with Crippen LogP contribution in [0, 0.1) is 23.2 Å². The molecule has 0 amide bonds. The van der Waals surface area contributed by atoms with Gasteiger partial charge < -0.3 is 15.8 Å². The van der Waals surface area contributed by atoms with Crippen molar-refractivity contribution in [3.63, 3.8) is 0 Å². The maximum Gasteiger partial charge on any atom is 0.419 e. The Hall–Kier alpha value is -1.97. The molecular formula is C22H31F3N5O+. The van der Waals surface area contributed by atoms with Gasteiger partial charge in [0.05, 0.1) is 23.4 Å². The molecule has 2 heterocycles. The molecule has 5 N–H and O–H groups in total. The molecular weight excluding hydrogens is 407 g/mol. The van der Waals surface area contributed by atoms with E-state index in [9.17, 15) is 13.2 Å². The van der Waals surface area contributed by atoms with Crippen molar-refractivity contribution in [2.75, 3.05) is 25.9 Å². The first-order valence-corrected chi connectivity index (χ1v) is 10.8. The summed E-state index contributed by atoms with van der Waals surface area (Å²) in [5.41, 5.74) is 5.64. The van der Waals surface area contributed by atoms with E-state index in [0.717, 1.165) is 37.7 Å². The number of alkyl halides is 3. The number of ether oxygens (including phenoxy) is 1. The van der Waals surface area contributed by atoms with E-state index >= 15 is 0 Å². The first kappa shape index (κ1) is 22.2. The topological polar surface area (TPSA) is 91.8 Å². The van der Waals surface area contributed by atoms with E-state index in [0.29, 0.717) is 35.9 Å². The number of pyridine rings is 1. The number of rotatable bonds is 7. The lowest BCUT2D eigenvalue weighted by Crippen LogP contribution is -2.87. The summed E-state index contributed by atoms with van der Waals surface area (Å²) in [5.74, 6) is 1.01. The SMILES string of the molecule is COC1CN(C2CC3C(C2)C3C(=CC(=N)c2cnc(N)c(C(F)(F)F)c2)[NH2+]C(C)C)C1. The zero-order valence-corrected chi connectivity index (χ0v) is 18.1. The number of fused-ring (bicyclic) bond motifs is 1. The van der Waals surface area contributed by atoms with Crippen LogP contribution >= 0.6 is 0 Å². The Labute approximate surface area is 180 Å². The number of nitrogens with one attached hydrogen (secondary N) is 1. The minimum Gasteiger partial charge on any atom is -0.383 e. The molecule has 2 atom stereocenters. The number of hydrogen-bond acceptors (Lipinski definition) is 5. The number of quaternary nitrogens is 1. The number of halogens is 3. The number of methoxy groups -OCH3 is 1. The second-order valence-corrected chi connectivity index (χ2v) is 9.41. The third-order valence-electron chi connectivity index (χ3n) is 6.90. The van der Waals surface area contributed by atoms with Crippen LogP contribution in [0.1, 0.15) is 37.8 Å². The number of nitrogens with zero attached hydrogens (tertiary/aromatic N) is 2. The first-order chi connectivity index (χ1) is 14.6. The van der Waals surface area contributed by atoms with Crippen LogP contribution in [0.5, 0.6) is 0 Å². The Bertz CT molecular complexity index is 866. The molecule has 4 rings (SSSR count). The summed E-state index contributed by atoms with van der Waals surface area (Å²) in [7, 11) is 1.76. The largest absolute Gasteiger partial charge is 0.419 e. The molecule has 6 nitrogen and oxygen atoms in total. The lowest BCUT2D eigenvalue weighted by Gasteiger charge is -2.43. The van der Waals surface area contributed by atoms with Gasteiger partial charge in [-0.2, -0.15) is 13.2 Å². The number of likely N-dealkylation sites (tertiary alicyclic amines) is 1. The number of hydrogen-bond donors (Lipinski definition) is 3. The van der Waals surface area contributed by atoms with Gasteiger partial charge in [0, 0.05) is 50.0 Å². The summed E-state index contributed by atoms with van der Waals surface area (Å²) in [4.78, 5) is 6.17. The summed E-state index contributed by atoms with van der Waals surface area (Å²) in [6.07, 6.45) is 1.03. The summed E-state index contributed by atoms with van der Waals surface area (Å²) >= 11 is 0. The summed E-state index contributed by atoms with van der Waals surface area (Å²) < 4.78 is 44.9. The first-order valence-electron chi connectivity index (χ1n) is 10.8. The number of anilines is 1. The highest BCUT2D eigenvalue weighted by atomic mass is 19.4. The fourth-order valence-electron chi connectivity index (χ4n) is 5.26. The highest BCUT2D eigenvalue weighted by Crippen LogP contribution is 2.60. The van der Waals surface area contributed by atoms with Gasteiger partial charge in [0.2, 0.25) is 0 Å². The fourth-order valence-corrected chi connectivity index (χ4v) is 5.26. The second kappa shape index (κ2) is 8.18. The van der Waals surface area contributed by atoms with Crippen LogP contribution in [-0.4, -0.2) is 54.0 Å². The van der Waals surface area contributed by atoms with Crippen molar-refractivity contribution in [3.8, 4) is 0 Å². The predicted molar refractivity (Wildman–Crippen MR) is 111 cm³/mol. The molecule has 1 aliphatic heterocycles. The lowest BCUT2D eigenvalue weighted by atomic mass is 9.98. The van der Waals surface area contributed by atoms with Crippen LogP contribution in [0.3, 0.4) is 0 Å². The Morgan fingerprint density at radius 3 is 2.52 bits per heavy atom. The van der Waals surface area contributed by atoms with Crippen molar-refractivity contribution >= 4 is 11.5 Å². The van der Waals surface area contributed by atoms with Crippen LogP contribution in [-0.2, 0) is 10.9 Å². The zero-order chi connectivity index (χ0) is 22.5.